The van der Waals surface area contributed by atoms with Crippen molar-refractivity contribution in [2.24, 2.45) is 0 Å². The van der Waals surface area contributed by atoms with Crippen LogP contribution in [0.15, 0.2) is 34.7 Å². The number of furan rings is 1. The Labute approximate surface area is 218 Å². The second-order valence-electron chi connectivity index (χ2n) is 10.1. The molecule has 2 aromatic carbocycles. The lowest BCUT2D eigenvalue weighted by atomic mass is 9.77. The molecule has 2 aliphatic rings. The summed E-state index contributed by atoms with van der Waals surface area (Å²) in [6, 6.07) is 9.58. The summed E-state index contributed by atoms with van der Waals surface area (Å²) in [5, 5.41) is 15.0. The van der Waals surface area contributed by atoms with E-state index >= 15 is 0 Å². The summed E-state index contributed by atoms with van der Waals surface area (Å²) in [7, 11) is 0. The van der Waals surface area contributed by atoms with Gasteiger partial charge in [0.25, 0.3) is 5.91 Å². The third-order valence-corrected chi connectivity index (χ3v) is 7.60. The number of fused-ring (bicyclic) bond motifs is 3. The number of rotatable bonds is 8. The highest BCUT2D eigenvalue weighted by atomic mass is 16.5. The van der Waals surface area contributed by atoms with Gasteiger partial charge >= 0.3 is 0 Å². The summed E-state index contributed by atoms with van der Waals surface area (Å²) >= 11 is 0. The van der Waals surface area contributed by atoms with Crippen molar-refractivity contribution in [3.8, 4) is 17.2 Å². The lowest BCUT2D eigenvalue weighted by Gasteiger charge is -2.43. The molecule has 1 atom stereocenters. The molecule has 2 heterocycles. The van der Waals surface area contributed by atoms with Gasteiger partial charge in [0.05, 0.1) is 19.3 Å². The minimum atomic E-state index is -0.642. The SMILES string of the molecule is CCOc1ccc(CCNC(=O)c2oc3ccc4c(c3c2C)C(O)CC2(CCCCC2)O4)cc1OCC. The molecule has 0 bridgehead atoms. The molecule has 7 nitrogen and oxygen atoms in total. The van der Waals surface area contributed by atoms with E-state index in [1.54, 1.807) is 0 Å². The highest BCUT2D eigenvalue weighted by Gasteiger charge is 2.42. The van der Waals surface area contributed by atoms with E-state index in [1.165, 1.54) is 6.42 Å². The van der Waals surface area contributed by atoms with Gasteiger partial charge in [-0.25, -0.2) is 0 Å². The van der Waals surface area contributed by atoms with Crippen molar-refractivity contribution in [3.63, 3.8) is 0 Å². The molecule has 1 fully saturated rings. The average Bonchev–Trinajstić information content (AvgIpc) is 3.22. The van der Waals surface area contributed by atoms with Crippen molar-refractivity contribution in [1.82, 2.24) is 5.32 Å². The number of carbonyl (C=O) groups is 1. The van der Waals surface area contributed by atoms with Gasteiger partial charge in [0.15, 0.2) is 17.3 Å². The Bertz CT molecular complexity index is 1270. The van der Waals surface area contributed by atoms with Crippen molar-refractivity contribution in [2.75, 3.05) is 19.8 Å². The van der Waals surface area contributed by atoms with E-state index in [2.05, 4.69) is 5.32 Å². The van der Waals surface area contributed by atoms with Crippen LogP contribution in [0.25, 0.3) is 11.0 Å². The number of amides is 1. The maximum Gasteiger partial charge on any atom is 0.287 e. The van der Waals surface area contributed by atoms with Crippen LogP contribution in [0.4, 0.5) is 0 Å². The fourth-order valence-electron chi connectivity index (χ4n) is 5.87. The molecule has 1 aliphatic carbocycles. The molecule has 1 unspecified atom stereocenters. The van der Waals surface area contributed by atoms with Crippen LogP contribution in [0.5, 0.6) is 17.2 Å². The van der Waals surface area contributed by atoms with E-state index in [1.807, 2.05) is 51.1 Å². The second-order valence-corrected chi connectivity index (χ2v) is 10.1. The van der Waals surface area contributed by atoms with Crippen molar-refractivity contribution in [1.29, 1.82) is 0 Å². The molecular formula is C30H37NO6. The molecule has 0 radical (unpaired) electrons. The Kier molecular flexibility index (Phi) is 7.33. The number of hydrogen-bond acceptors (Lipinski definition) is 6. The highest BCUT2D eigenvalue weighted by Crippen LogP contribution is 2.49. The molecule has 5 rings (SSSR count). The number of aryl methyl sites for hydroxylation is 1. The normalized spacial score (nSPS) is 18.3. The Balaban J connectivity index is 1.31. The first kappa shape index (κ1) is 25.5. The Hall–Kier alpha value is -3.19. The highest BCUT2D eigenvalue weighted by molar-refractivity contribution is 6.00. The largest absolute Gasteiger partial charge is 0.490 e. The van der Waals surface area contributed by atoms with Gasteiger partial charge in [-0.3, -0.25) is 4.79 Å². The van der Waals surface area contributed by atoms with E-state index in [4.69, 9.17) is 18.6 Å². The number of carbonyl (C=O) groups excluding carboxylic acids is 1. The third-order valence-electron chi connectivity index (χ3n) is 7.60. The van der Waals surface area contributed by atoms with Crippen molar-refractivity contribution < 1.29 is 28.5 Å². The third kappa shape index (κ3) is 5.01. The number of aliphatic hydroxyl groups is 1. The van der Waals surface area contributed by atoms with E-state index < -0.39 is 6.10 Å². The number of nitrogens with one attached hydrogen (secondary N) is 1. The number of hydrogen-bond donors (Lipinski definition) is 2. The Morgan fingerprint density at radius 1 is 1.08 bits per heavy atom. The summed E-state index contributed by atoms with van der Waals surface area (Å²) < 4.78 is 23.8. The van der Waals surface area contributed by atoms with Gasteiger partial charge in [-0.1, -0.05) is 12.5 Å². The molecule has 1 aliphatic heterocycles. The maximum atomic E-state index is 13.1. The van der Waals surface area contributed by atoms with Crippen LogP contribution in [0.2, 0.25) is 0 Å². The van der Waals surface area contributed by atoms with Gasteiger partial charge in [0.1, 0.15) is 16.9 Å². The van der Waals surface area contributed by atoms with Gasteiger partial charge in [0.2, 0.25) is 0 Å². The zero-order valence-electron chi connectivity index (χ0n) is 22.0. The topological polar surface area (TPSA) is 90.2 Å². The molecule has 37 heavy (non-hydrogen) atoms. The lowest BCUT2D eigenvalue weighted by Crippen LogP contribution is -2.42. The standard InChI is InChI=1S/C30H37NO6/c1-4-34-22-10-9-20(17-25(22)35-5-2)13-16-31-29(33)28-19(3)26-23(36-28)11-12-24-27(26)21(32)18-30(37-24)14-7-6-8-15-30/h9-12,17,21,32H,4-8,13-16,18H2,1-3H3,(H,31,33). The summed E-state index contributed by atoms with van der Waals surface area (Å²) in [6.07, 6.45) is 6.00. The molecule has 1 spiro atoms. The number of aliphatic hydroxyl groups excluding tert-OH is 1. The predicted molar refractivity (Wildman–Crippen MR) is 142 cm³/mol. The molecular weight excluding hydrogens is 470 g/mol. The zero-order chi connectivity index (χ0) is 26.0. The maximum absolute atomic E-state index is 13.1. The van der Waals surface area contributed by atoms with Gasteiger partial charge in [-0.15, -0.1) is 0 Å². The van der Waals surface area contributed by atoms with Crippen LogP contribution in [-0.4, -0.2) is 36.4 Å². The predicted octanol–water partition coefficient (Wildman–Crippen LogP) is 6.03. The smallest absolute Gasteiger partial charge is 0.287 e. The van der Waals surface area contributed by atoms with Crippen LogP contribution >= 0.6 is 0 Å². The second kappa shape index (κ2) is 10.7. The van der Waals surface area contributed by atoms with Gasteiger partial charge in [-0.05, 0) is 82.7 Å². The molecule has 1 saturated carbocycles. The summed E-state index contributed by atoms with van der Waals surface area (Å²) in [5.74, 6) is 2.15. The lowest BCUT2D eigenvalue weighted by molar-refractivity contribution is -0.0373. The van der Waals surface area contributed by atoms with Crippen molar-refractivity contribution in [2.45, 2.75) is 77.4 Å². The van der Waals surface area contributed by atoms with Crippen LogP contribution in [0.3, 0.4) is 0 Å². The van der Waals surface area contributed by atoms with Crippen LogP contribution in [0.1, 0.15) is 85.7 Å². The first-order valence-corrected chi connectivity index (χ1v) is 13.5. The van der Waals surface area contributed by atoms with Gasteiger partial charge in [0, 0.05) is 29.5 Å². The van der Waals surface area contributed by atoms with E-state index in [0.717, 1.165) is 53.5 Å². The fourth-order valence-corrected chi connectivity index (χ4v) is 5.87. The first-order valence-electron chi connectivity index (χ1n) is 13.5. The zero-order valence-corrected chi connectivity index (χ0v) is 22.0. The molecule has 198 valence electrons. The van der Waals surface area contributed by atoms with Crippen molar-refractivity contribution >= 4 is 16.9 Å². The van der Waals surface area contributed by atoms with E-state index in [-0.39, 0.29) is 17.3 Å². The minimum absolute atomic E-state index is 0.270. The summed E-state index contributed by atoms with van der Waals surface area (Å²) in [6.45, 7) is 7.32. The Morgan fingerprint density at radius 3 is 2.59 bits per heavy atom. The van der Waals surface area contributed by atoms with E-state index in [9.17, 15) is 9.90 Å². The first-order chi connectivity index (χ1) is 17.9. The van der Waals surface area contributed by atoms with Crippen LogP contribution in [0, 0.1) is 6.92 Å². The van der Waals surface area contributed by atoms with Gasteiger partial charge < -0.3 is 29.1 Å². The van der Waals surface area contributed by atoms with Crippen LogP contribution in [-0.2, 0) is 6.42 Å². The number of benzene rings is 2. The van der Waals surface area contributed by atoms with E-state index in [0.29, 0.717) is 49.7 Å². The quantitative estimate of drug-likeness (QED) is 0.387. The monoisotopic (exact) mass is 507 g/mol. The Morgan fingerprint density at radius 2 is 1.84 bits per heavy atom. The average molecular weight is 508 g/mol. The molecule has 2 N–H and O–H groups in total. The molecule has 1 aromatic heterocycles. The van der Waals surface area contributed by atoms with Crippen molar-refractivity contribution in [3.05, 3.63) is 52.8 Å². The molecule has 1 amide bonds. The summed E-state index contributed by atoms with van der Waals surface area (Å²) in [5.41, 5.74) is 2.83. The molecule has 0 saturated heterocycles. The van der Waals surface area contributed by atoms with Gasteiger partial charge in [-0.2, -0.15) is 0 Å². The molecule has 3 aromatic rings. The number of ether oxygens (including phenoxy) is 3. The summed E-state index contributed by atoms with van der Waals surface area (Å²) in [4.78, 5) is 13.1. The minimum Gasteiger partial charge on any atom is -0.490 e. The molecule has 7 heteroatoms. The van der Waals surface area contributed by atoms with Crippen LogP contribution < -0.4 is 19.5 Å². The fraction of sp³-hybridized carbons (Fsp3) is 0.500.